The fourth-order valence-corrected chi connectivity index (χ4v) is 4.20. The van der Waals surface area contributed by atoms with Crippen molar-refractivity contribution in [3.8, 4) is 0 Å². The molecule has 0 aromatic heterocycles. The van der Waals surface area contributed by atoms with E-state index in [1.165, 1.54) is 17.0 Å². The summed E-state index contributed by atoms with van der Waals surface area (Å²) in [4.78, 5) is 26.4. The van der Waals surface area contributed by atoms with E-state index < -0.39 is 28.4 Å². The summed E-state index contributed by atoms with van der Waals surface area (Å²) >= 11 is 0. The van der Waals surface area contributed by atoms with Crippen LogP contribution in [0, 0.1) is 0 Å². The van der Waals surface area contributed by atoms with Crippen molar-refractivity contribution >= 4 is 27.5 Å². The summed E-state index contributed by atoms with van der Waals surface area (Å²) in [6.45, 7) is 3.27. The molecule has 3 rings (SSSR count). The number of fused-ring (bicyclic) bond motifs is 1. The Balaban J connectivity index is 1.90. The molecule has 7 heteroatoms. The van der Waals surface area contributed by atoms with Crippen molar-refractivity contribution in [1.29, 1.82) is 0 Å². The summed E-state index contributed by atoms with van der Waals surface area (Å²) in [6, 6.07) is 14.8. The molecule has 1 aliphatic rings. The maximum atomic E-state index is 12.7. The van der Waals surface area contributed by atoms with Gasteiger partial charge in [-0.25, -0.2) is 12.7 Å². The first-order valence-corrected chi connectivity index (χ1v) is 9.03. The molecule has 128 valence electrons. The Hall–Kier alpha value is -2.93. The van der Waals surface area contributed by atoms with Gasteiger partial charge in [-0.1, -0.05) is 36.4 Å². The number of amides is 2. The zero-order valence-electron chi connectivity index (χ0n) is 13.3. The van der Waals surface area contributed by atoms with Crippen LogP contribution in [0.5, 0.6) is 0 Å². The number of carbonyl (C=O) groups excluding carboxylic acids is 2. The van der Waals surface area contributed by atoms with Crippen molar-refractivity contribution < 1.29 is 18.0 Å². The number of sulfonamides is 1. The molecule has 2 aromatic carbocycles. The van der Waals surface area contributed by atoms with Crippen LogP contribution in [0.25, 0.3) is 0 Å². The van der Waals surface area contributed by atoms with Gasteiger partial charge in [-0.15, -0.1) is 6.58 Å². The quantitative estimate of drug-likeness (QED) is 0.769. The van der Waals surface area contributed by atoms with E-state index in [9.17, 15) is 18.0 Å². The van der Waals surface area contributed by atoms with Crippen LogP contribution in [0.4, 0.5) is 5.69 Å². The fourth-order valence-electron chi connectivity index (χ4n) is 2.68. The summed E-state index contributed by atoms with van der Waals surface area (Å²) in [5.41, 5.74) is 0.694. The number of benzene rings is 2. The van der Waals surface area contributed by atoms with Gasteiger partial charge in [0.15, 0.2) is 0 Å². The third-order valence-corrected chi connectivity index (χ3v) is 5.66. The molecule has 0 spiro atoms. The lowest BCUT2D eigenvalue weighted by Gasteiger charge is -2.24. The van der Waals surface area contributed by atoms with Crippen LogP contribution in [0.2, 0.25) is 0 Å². The summed E-state index contributed by atoms with van der Waals surface area (Å²) in [5, 5.41) is 0. The van der Waals surface area contributed by atoms with Crippen LogP contribution in [-0.4, -0.2) is 37.6 Å². The van der Waals surface area contributed by atoms with Gasteiger partial charge in [-0.3, -0.25) is 9.59 Å². The molecule has 0 bridgehead atoms. The Labute approximate surface area is 146 Å². The second kappa shape index (κ2) is 6.52. The Morgan fingerprint density at radius 1 is 1.08 bits per heavy atom. The van der Waals surface area contributed by atoms with Gasteiger partial charge >= 0.3 is 0 Å². The highest BCUT2D eigenvalue weighted by molar-refractivity contribution is 7.90. The SMILES string of the molecule is C=CCN(C(=O)CN1C(=O)c2ccccc2S1(=O)=O)c1ccccc1. The lowest BCUT2D eigenvalue weighted by Crippen LogP contribution is -2.43. The summed E-state index contributed by atoms with van der Waals surface area (Å²) in [6.07, 6.45) is 1.54. The average Bonchev–Trinajstić information content (AvgIpc) is 2.81. The van der Waals surface area contributed by atoms with Crippen LogP contribution in [0.15, 0.2) is 72.1 Å². The van der Waals surface area contributed by atoms with Gasteiger partial charge in [0, 0.05) is 12.2 Å². The van der Waals surface area contributed by atoms with Gasteiger partial charge in [0.25, 0.3) is 15.9 Å². The zero-order valence-corrected chi connectivity index (χ0v) is 14.1. The van der Waals surface area contributed by atoms with E-state index in [2.05, 4.69) is 6.58 Å². The molecule has 0 atom stereocenters. The number of carbonyl (C=O) groups is 2. The largest absolute Gasteiger partial charge is 0.307 e. The van der Waals surface area contributed by atoms with E-state index in [0.717, 1.165) is 0 Å². The molecule has 25 heavy (non-hydrogen) atoms. The van der Waals surface area contributed by atoms with Crippen LogP contribution in [0.3, 0.4) is 0 Å². The molecule has 1 heterocycles. The van der Waals surface area contributed by atoms with Gasteiger partial charge in [-0.05, 0) is 24.3 Å². The average molecular weight is 356 g/mol. The number of para-hydroxylation sites is 1. The van der Waals surface area contributed by atoms with E-state index in [1.54, 1.807) is 42.5 Å². The molecular formula is C18H16N2O4S. The van der Waals surface area contributed by atoms with Gasteiger partial charge in [-0.2, -0.15) is 0 Å². The molecule has 1 aliphatic heterocycles. The number of hydrogen-bond acceptors (Lipinski definition) is 4. The highest BCUT2D eigenvalue weighted by atomic mass is 32.2. The van der Waals surface area contributed by atoms with Crippen molar-refractivity contribution in [2.75, 3.05) is 18.0 Å². The smallest absolute Gasteiger partial charge is 0.269 e. The Morgan fingerprint density at radius 2 is 1.72 bits per heavy atom. The Kier molecular flexibility index (Phi) is 4.41. The zero-order chi connectivity index (χ0) is 18.0. The predicted octanol–water partition coefficient (Wildman–Crippen LogP) is 2.05. The first kappa shape index (κ1) is 16.9. The minimum atomic E-state index is -4.01. The minimum absolute atomic E-state index is 0.0669. The van der Waals surface area contributed by atoms with Gasteiger partial charge in [0.1, 0.15) is 11.4 Å². The minimum Gasteiger partial charge on any atom is -0.307 e. The van der Waals surface area contributed by atoms with E-state index in [0.29, 0.717) is 9.99 Å². The van der Waals surface area contributed by atoms with Gasteiger partial charge in [0.05, 0.1) is 5.56 Å². The first-order chi connectivity index (χ1) is 12.0. The molecule has 0 radical (unpaired) electrons. The molecule has 0 saturated heterocycles. The molecule has 6 nitrogen and oxygen atoms in total. The summed E-state index contributed by atoms with van der Waals surface area (Å²) < 4.78 is 25.7. The van der Waals surface area contributed by atoms with E-state index in [1.807, 2.05) is 6.07 Å². The normalized spacial score (nSPS) is 14.9. The number of hydrogen-bond donors (Lipinski definition) is 0. The van der Waals surface area contributed by atoms with Crippen molar-refractivity contribution in [1.82, 2.24) is 4.31 Å². The summed E-state index contributed by atoms with van der Waals surface area (Å²) in [5.74, 6) is -1.19. The van der Waals surface area contributed by atoms with Crippen molar-refractivity contribution in [3.05, 3.63) is 72.8 Å². The standard InChI is InChI=1S/C18H16N2O4S/c1-2-12-19(14-8-4-3-5-9-14)17(21)13-20-18(22)15-10-6-7-11-16(15)25(20,23)24/h2-11H,1,12-13H2. The van der Waals surface area contributed by atoms with Crippen molar-refractivity contribution in [3.63, 3.8) is 0 Å². The lowest BCUT2D eigenvalue weighted by molar-refractivity contribution is -0.118. The summed E-state index contributed by atoms with van der Waals surface area (Å²) in [7, 11) is -4.01. The molecule has 0 aliphatic carbocycles. The van der Waals surface area contributed by atoms with Gasteiger partial charge < -0.3 is 4.90 Å². The number of rotatable bonds is 5. The number of anilines is 1. The van der Waals surface area contributed by atoms with Gasteiger partial charge in [0.2, 0.25) is 5.91 Å². The molecule has 0 saturated carbocycles. The van der Waals surface area contributed by atoms with Crippen LogP contribution in [0.1, 0.15) is 10.4 Å². The van der Waals surface area contributed by atoms with Crippen LogP contribution in [-0.2, 0) is 14.8 Å². The molecular weight excluding hydrogens is 340 g/mol. The maximum Gasteiger partial charge on any atom is 0.269 e. The molecule has 0 unspecified atom stereocenters. The molecule has 0 N–H and O–H groups in total. The van der Waals surface area contributed by atoms with Crippen molar-refractivity contribution in [2.24, 2.45) is 0 Å². The second-order valence-electron chi connectivity index (χ2n) is 5.44. The highest BCUT2D eigenvalue weighted by Gasteiger charge is 2.42. The van der Waals surface area contributed by atoms with Crippen LogP contribution < -0.4 is 4.90 Å². The molecule has 2 amide bonds. The third kappa shape index (κ3) is 2.94. The highest BCUT2D eigenvalue weighted by Crippen LogP contribution is 2.30. The second-order valence-corrected chi connectivity index (χ2v) is 7.27. The molecule has 2 aromatic rings. The molecule has 0 fully saturated rings. The van der Waals surface area contributed by atoms with Crippen molar-refractivity contribution in [2.45, 2.75) is 4.90 Å². The Bertz CT molecular complexity index is 939. The van der Waals surface area contributed by atoms with Crippen LogP contribution >= 0.6 is 0 Å². The number of nitrogens with zero attached hydrogens (tertiary/aromatic N) is 2. The first-order valence-electron chi connectivity index (χ1n) is 7.59. The monoisotopic (exact) mass is 356 g/mol. The Morgan fingerprint density at radius 3 is 2.36 bits per heavy atom. The van der Waals surface area contributed by atoms with E-state index >= 15 is 0 Å². The predicted molar refractivity (Wildman–Crippen MR) is 93.7 cm³/mol. The fraction of sp³-hybridized carbons (Fsp3) is 0.111. The lowest BCUT2D eigenvalue weighted by atomic mass is 10.2. The topological polar surface area (TPSA) is 74.8 Å². The third-order valence-electron chi connectivity index (χ3n) is 3.87. The van der Waals surface area contributed by atoms with E-state index in [-0.39, 0.29) is 17.0 Å². The maximum absolute atomic E-state index is 12.7. The van der Waals surface area contributed by atoms with E-state index in [4.69, 9.17) is 0 Å².